The van der Waals surface area contributed by atoms with Gasteiger partial charge in [-0.25, -0.2) is 13.4 Å². The molecular formula is C13H23N3O2S. The van der Waals surface area contributed by atoms with Crippen LogP contribution in [0, 0.1) is 0 Å². The maximum Gasteiger partial charge on any atom is 0.151 e. The average molecular weight is 285 g/mol. The molecule has 0 saturated carbocycles. The lowest BCUT2D eigenvalue weighted by Gasteiger charge is -2.34. The van der Waals surface area contributed by atoms with Gasteiger partial charge in [-0.15, -0.1) is 0 Å². The van der Waals surface area contributed by atoms with Gasteiger partial charge >= 0.3 is 0 Å². The highest BCUT2D eigenvalue weighted by molar-refractivity contribution is 7.91. The third kappa shape index (κ3) is 4.04. The third-order valence-electron chi connectivity index (χ3n) is 3.65. The first-order valence-corrected chi connectivity index (χ1v) is 8.88. The van der Waals surface area contributed by atoms with Crippen LogP contribution in [0.2, 0.25) is 0 Å². The zero-order valence-corrected chi connectivity index (χ0v) is 12.3. The molecule has 19 heavy (non-hydrogen) atoms. The van der Waals surface area contributed by atoms with E-state index < -0.39 is 9.84 Å². The number of rotatable bonds is 6. The van der Waals surface area contributed by atoms with Crippen molar-refractivity contribution in [2.45, 2.75) is 38.6 Å². The standard InChI is InChI=1S/C13H23N3O2S/c1-2-10-19(17,18)11-9-16-8-4-3-5-12(16)13-14-6-7-15-13/h6-7,12H,2-5,8-11H2,1H3,(H,14,15)/t12-/m1/s1. The van der Waals surface area contributed by atoms with E-state index in [9.17, 15) is 8.42 Å². The van der Waals surface area contributed by atoms with Gasteiger partial charge in [0.2, 0.25) is 0 Å². The van der Waals surface area contributed by atoms with Gasteiger partial charge in [-0.3, -0.25) is 4.90 Å². The van der Waals surface area contributed by atoms with Crippen molar-refractivity contribution >= 4 is 9.84 Å². The van der Waals surface area contributed by atoms with Gasteiger partial charge < -0.3 is 4.98 Å². The number of likely N-dealkylation sites (tertiary alicyclic amines) is 1. The number of aromatic amines is 1. The topological polar surface area (TPSA) is 66.1 Å². The molecule has 1 fully saturated rings. The molecule has 1 N–H and O–H groups in total. The second-order valence-corrected chi connectivity index (χ2v) is 7.48. The summed E-state index contributed by atoms with van der Waals surface area (Å²) in [5, 5.41) is 0. The number of nitrogens with one attached hydrogen (secondary N) is 1. The van der Waals surface area contributed by atoms with Gasteiger partial charge in [0.05, 0.1) is 11.8 Å². The summed E-state index contributed by atoms with van der Waals surface area (Å²) < 4.78 is 23.6. The van der Waals surface area contributed by atoms with Crippen molar-refractivity contribution in [1.29, 1.82) is 0 Å². The Kier molecular flexibility index (Phi) is 4.99. The summed E-state index contributed by atoms with van der Waals surface area (Å²) in [6.45, 7) is 3.49. The smallest absolute Gasteiger partial charge is 0.151 e. The summed E-state index contributed by atoms with van der Waals surface area (Å²) in [5.74, 6) is 1.53. The van der Waals surface area contributed by atoms with E-state index in [4.69, 9.17) is 0 Å². The van der Waals surface area contributed by atoms with E-state index in [2.05, 4.69) is 14.9 Å². The average Bonchev–Trinajstić information content (AvgIpc) is 2.90. The Bertz CT molecular complexity index is 470. The molecule has 0 amide bonds. The summed E-state index contributed by atoms with van der Waals surface area (Å²) >= 11 is 0. The van der Waals surface area contributed by atoms with Crippen LogP contribution < -0.4 is 0 Å². The molecule has 2 rings (SSSR count). The first kappa shape index (κ1) is 14.5. The lowest BCUT2D eigenvalue weighted by atomic mass is 10.0. The lowest BCUT2D eigenvalue weighted by molar-refractivity contribution is 0.151. The SMILES string of the molecule is CCCS(=O)(=O)CCN1CCCC[C@@H]1c1ncc[nH]1. The number of sulfone groups is 1. The van der Waals surface area contributed by atoms with Crippen LogP contribution in [0.3, 0.4) is 0 Å². The van der Waals surface area contributed by atoms with Crippen LogP contribution in [-0.2, 0) is 9.84 Å². The largest absolute Gasteiger partial charge is 0.347 e. The second kappa shape index (κ2) is 6.52. The van der Waals surface area contributed by atoms with Gasteiger partial charge in [-0.2, -0.15) is 0 Å². The van der Waals surface area contributed by atoms with Crippen molar-refractivity contribution in [2.75, 3.05) is 24.6 Å². The molecule has 1 saturated heterocycles. The number of nitrogens with zero attached hydrogens (tertiary/aromatic N) is 2. The molecule has 1 aromatic rings. The highest BCUT2D eigenvalue weighted by Crippen LogP contribution is 2.28. The van der Waals surface area contributed by atoms with Gasteiger partial charge in [0.25, 0.3) is 0 Å². The second-order valence-electron chi connectivity index (χ2n) is 5.17. The zero-order valence-electron chi connectivity index (χ0n) is 11.5. The monoisotopic (exact) mass is 285 g/mol. The predicted molar refractivity (Wildman–Crippen MR) is 75.7 cm³/mol. The van der Waals surface area contributed by atoms with E-state index in [1.54, 1.807) is 6.20 Å². The number of imidazole rings is 1. The first-order chi connectivity index (χ1) is 9.12. The van der Waals surface area contributed by atoms with Crippen molar-refractivity contribution in [2.24, 2.45) is 0 Å². The molecule has 1 atom stereocenters. The quantitative estimate of drug-likeness (QED) is 0.865. The fourth-order valence-electron chi connectivity index (χ4n) is 2.70. The minimum atomic E-state index is -2.90. The summed E-state index contributed by atoms with van der Waals surface area (Å²) in [5.41, 5.74) is 0. The Morgan fingerprint density at radius 2 is 2.26 bits per heavy atom. The molecule has 1 aliphatic heterocycles. The predicted octanol–water partition coefficient (Wildman–Crippen LogP) is 1.76. The summed E-state index contributed by atoms with van der Waals surface area (Å²) in [6, 6.07) is 0.251. The Morgan fingerprint density at radius 3 is 2.95 bits per heavy atom. The Labute approximate surface area is 115 Å². The van der Waals surface area contributed by atoms with Crippen molar-refractivity contribution in [1.82, 2.24) is 14.9 Å². The lowest BCUT2D eigenvalue weighted by Crippen LogP contribution is -2.37. The van der Waals surface area contributed by atoms with Gasteiger partial charge in [0.1, 0.15) is 5.82 Å². The van der Waals surface area contributed by atoms with Gasteiger partial charge in [0, 0.05) is 24.7 Å². The van der Waals surface area contributed by atoms with E-state index in [0.29, 0.717) is 18.7 Å². The number of aromatic nitrogens is 2. The van der Waals surface area contributed by atoms with Crippen molar-refractivity contribution < 1.29 is 8.42 Å². The van der Waals surface area contributed by atoms with E-state index in [1.165, 1.54) is 6.42 Å². The molecule has 6 heteroatoms. The van der Waals surface area contributed by atoms with Gasteiger partial charge in [-0.1, -0.05) is 13.3 Å². The van der Waals surface area contributed by atoms with E-state index in [1.807, 2.05) is 13.1 Å². The molecule has 5 nitrogen and oxygen atoms in total. The van der Waals surface area contributed by atoms with Crippen LogP contribution in [0.4, 0.5) is 0 Å². The highest BCUT2D eigenvalue weighted by atomic mass is 32.2. The maximum atomic E-state index is 11.8. The van der Waals surface area contributed by atoms with Crippen molar-refractivity contribution in [3.8, 4) is 0 Å². The Balaban J connectivity index is 1.97. The van der Waals surface area contributed by atoms with Crippen LogP contribution >= 0.6 is 0 Å². The fraction of sp³-hybridized carbons (Fsp3) is 0.769. The van der Waals surface area contributed by atoms with E-state index >= 15 is 0 Å². The summed E-state index contributed by atoms with van der Waals surface area (Å²) in [6.07, 6.45) is 7.67. The van der Waals surface area contributed by atoms with Crippen LogP contribution in [0.1, 0.15) is 44.5 Å². The third-order valence-corrected chi connectivity index (χ3v) is 5.49. The number of hydrogen-bond acceptors (Lipinski definition) is 4. The molecular weight excluding hydrogens is 262 g/mol. The molecule has 2 heterocycles. The molecule has 0 unspecified atom stereocenters. The summed E-state index contributed by atoms with van der Waals surface area (Å²) in [7, 11) is -2.90. The molecule has 0 spiro atoms. The minimum absolute atomic E-state index is 0.251. The normalized spacial score (nSPS) is 21.6. The molecule has 0 aromatic carbocycles. The van der Waals surface area contributed by atoms with Gasteiger partial charge in [-0.05, 0) is 25.8 Å². The Morgan fingerprint density at radius 1 is 1.42 bits per heavy atom. The molecule has 108 valence electrons. The Hall–Kier alpha value is -0.880. The van der Waals surface area contributed by atoms with Crippen LogP contribution in [0.5, 0.6) is 0 Å². The number of piperidine rings is 1. The number of H-pyrrole nitrogens is 1. The van der Waals surface area contributed by atoms with E-state index in [0.717, 1.165) is 25.2 Å². The van der Waals surface area contributed by atoms with Crippen LogP contribution in [-0.4, -0.2) is 47.9 Å². The summed E-state index contributed by atoms with van der Waals surface area (Å²) in [4.78, 5) is 9.74. The van der Waals surface area contributed by atoms with Crippen molar-refractivity contribution in [3.63, 3.8) is 0 Å². The molecule has 0 bridgehead atoms. The molecule has 0 radical (unpaired) electrons. The minimum Gasteiger partial charge on any atom is -0.347 e. The van der Waals surface area contributed by atoms with Crippen LogP contribution in [0.25, 0.3) is 0 Å². The molecule has 1 aliphatic rings. The highest BCUT2D eigenvalue weighted by Gasteiger charge is 2.26. The molecule has 0 aliphatic carbocycles. The zero-order chi connectivity index (χ0) is 13.7. The molecule has 1 aromatic heterocycles. The first-order valence-electron chi connectivity index (χ1n) is 7.06. The van der Waals surface area contributed by atoms with Crippen molar-refractivity contribution in [3.05, 3.63) is 18.2 Å². The van der Waals surface area contributed by atoms with Crippen LogP contribution in [0.15, 0.2) is 12.4 Å². The van der Waals surface area contributed by atoms with E-state index in [-0.39, 0.29) is 11.8 Å². The maximum absolute atomic E-state index is 11.8. The van der Waals surface area contributed by atoms with Gasteiger partial charge in [0.15, 0.2) is 9.84 Å². The number of hydrogen-bond donors (Lipinski definition) is 1. The fourth-order valence-corrected chi connectivity index (χ4v) is 4.04.